The molecule has 1 heterocycles. The van der Waals surface area contributed by atoms with Crippen molar-refractivity contribution in [3.8, 4) is 0 Å². The molecular weight excluding hydrogens is 220 g/mol. The van der Waals surface area contributed by atoms with Crippen molar-refractivity contribution in [2.75, 3.05) is 5.32 Å². The van der Waals surface area contributed by atoms with Crippen LogP contribution in [0.25, 0.3) is 0 Å². The monoisotopic (exact) mass is 236 g/mol. The van der Waals surface area contributed by atoms with E-state index in [2.05, 4.69) is 20.5 Å². The maximum absolute atomic E-state index is 10.8. The maximum atomic E-state index is 10.8. The summed E-state index contributed by atoms with van der Waals surface area (Å²) < 4.78 is 0. The van der Waals surface area contributed by atoms with Crippen LogP contribution < -0.4 is 5.32 Å². The molecule has 0 saturated heterocycles. The van der Waals surface area contributed by atoms with Crippen LogP contribution in [0.15, 0.2) is 0 Å². The van der Waals surface area contributed by atoms with E-state index in [9.17, 15) is 4.79 Å². The van der Waals surface area contributed by atoms with Crippen LogP contribution in [0.2, 0.25) is 0 Å². The Hall–Kier alpha value is -1.72. The van der Waals surface area contributed by atoms with Crippen molar-refractivity contribution in [3.63, 3.8) is 0 Å². The van der Waals surface area contributed by atoms with Crippen LogP contribution in [0.5, 0.6) is 0 Å². The Kier molecular flexibility index (Phi) is 2.95. The van der Waals surface area contributed by atoms with Gasteiger partial charge in [-0.15, -0.1) is 5.10 Å². The average Bonchev–Trinajstić information content (AvgIpc) is 2.19. The van der Waals surface area contributed by atoms with Crippen molar-refractivity contribution in [2.45, 2.75) is 45.1 Å². The van der Waals surface area contributed by atoms with Gasteiger partial charge in [0.25, 0.3) is 0 Å². The van der Waals surface area contributed by atoms with Crippen molar-refractivity contribution < 1.29 is 9.90 Å². The minimum absolute atomic E-state index is 0.100. The molecule has 0 amide bonds. The Morgan fingerprint density at radius 1 is 1.35 bits per heavy atom. The number of hydrogen-bond acceptors (Lipinski definition) is 5. The van der Waals surface area contributed by atoms with Crippen molar-refractivity contribution in [2.24, 2.45) is 0 Å². The molecule has 0 bridgehead atoms. The van der Waals surface area contributed by atoms with E-state index in [0.29, 0.717) is 5.95 Å². The van der Waals surface area contributed by atoms with Crippen LogP contribution in [0, 0.1) is 13.8 Å². The van der Waals surface area contributed by atoms with Gasteiger partial charge in [-0.25, -0.2) is 4.98 Å². The van der Waals surface area contributed by atoms with Gasteiger partial charge in [0, 0.05) is 0 Å². The zero-order chi connectivity index (χ0) is 12.5. The quantitative estimate of drug-likeness (QED) is 0.819. The Labute approximate surface area is 99.5 Å². The van der Waals surface area contributed by atoms with Crippen molar-refractivity contribution in [1.29, 1.82) is 0 Å². The molecule has 92 valence electrons. The third kappa shape index (κ3) is 2.51. The Morgan fingerprint density at radius 2 is 2.06 bits per heavy atom. The van der Waals surface area contributed by atoms with Gasteiger partial charge in [0.2, 0.25) is 5.95 Å². The average molecular weight is 236 g/mol. The number of carbonyl (C=O) groups is 1. The minimum Gasteiger partial charge on any atom is -0.481 e. The van der Waals surface area contributed by atoms with Crippen LogP contribution >= 0.6 is 0 Å². The number of aromatic nitrogens is 3. The molecule has 2 rings (SSSR count). The number of aryl methyl sites for hydroxylation is 2. The lowest BCUT2D eigenvalue weighted by atomic mass is 9.74. The fourth-order valence-corrected chi connectivity index (χ4v) is 1.99. The Balaban J connectivity index is 2.13. The number of nitrogens with one attached hydrogen (secondary N) is 1. The SMILES string of the molecule is Cc1nnc(NC2(CC(=O)O)CCC2)nc1C. The largest absolute Gasteiger partial charge is 0.481 e. The highest BCUT2D eigenvalue weighted by Crippen LogP contribution is 2.37. The van der Waals surface area contributed by atoms with Gasteiger partial charge in [-0.05, 0) is 33.1 Å². The Morgan fingerprint density at radius 3 is 2.53 bits per heavy atom. The minimum atomic E-state index is -0.797. The lowest BCUT2D eigenvalue weighted by Crippen LogP contribution is -2.47. The number of rotatable bonds is 4. The fourth-order valence-electron chi connectivity index (χ4n) is 1.99. The van der Waals surface area contributed by atoms with Gasteiger partial charge in [-0.1, -0.05) is 0 Å². The zero-order valence-corrected chi connectivity index (χ0v) is 10.0. The molecule has 0 aromatic carbocycles. The normalized spacial score (nSPS) is 17.3. The van der Waals surface area contributed by atoms with Gasteiger partial charge in [-0.2, -0.15) is 5.10 Å². The first-order valence-electron chi connectivity index (χ1n) is 5.69. The van der Waals surface area contributed by atoms with E-state index in [4.69, 9.17) is 5.11 Å². The molecule has 6 heteroatoms. The first kappa shape index (κ1) is 11.8. The highest BCUT2D eigenvalue weighted by Gasteiger charge is 2.39. The van der Waals surface area contributed by atoms with Crippen LogP contribution in [0.4, 0.5) is 5.95 Å². The predicted octanol–water partition coefficient (Wildman–Crippen LogP) is 1.30. The summed E-state index contributed by atoms with van der Waals surface area (Å²) in [7, 11) is 0. The zero-order valence-electron chi connectivity index (χ0n) is 10.0. The number of anilines is 1. The smallest absolute Gasteiger partial charge is 0.305 e. The molecule has 0 aliphatic heterocycles. The molecule has 17 heavy (non-hydrogen) atoms. The van der Waals surface area contributed by atoms with Gasteiger partial charge in [0.05, 0.1) is 23.3 Å². The molecule has 1 aliphatic rings. The molecule has 2 N–H and O–H groups in total. The summed E-state index contributed by atoms with van der Waals surface area (Å²) >= 11 is 0. The molecule has 0 atom stereocenters. The molecule has 1 saturated carbocycles. The summed E-state index contributed by atoms with van der Waals surface area (Å²) in [4.78, 5) is 15.1. The number of carboxylic acids is 1. The van der Waals surface area contributed by atoms with E-state index in [-0.39, 0.29) is 12.0 Å². The second kappa shape index (κ2) is 4.27. The lowest BCUT2D eigenvalue weighted by molar-refractivity contribution is -0.138. The maximum Gasteiger partial charge on any atom is 0.305 e. The Bertz CT molecular complexity index is 443. The first-order valence-corrected chi connectivity index (χ1v) is 5.69. The van der Waals surface area contributed by atoms with Crippen LogP contribution in [0.1, 0.15) is 37.1 Å². The van der Waals surface area contributed by atoms with Gasteiger partial charge in [-0.3, -0.25) is 4.79 Å². The molecule has 1 aromatic heterocycles. The highest BCUT2D eigenvalue weighted by molar-refractivity contribution is 5.69. The van der Waals surface area contributed by atoms with Crippen LogP contribution in [0.3, 0.4) is 0 Å². The molecule has 1 aromatic rings. The third-order valence-corrected chi connectivity index (χ3v) is 3.27. The number of hydrogen-bond donors (Lipinski definition) is 2. The van der Waals surface area contributed by atoms with Crippen LogP contribution in [-0.2, 0) is 4.79 Å². The number of aliphatic carboxylic acids is 1. The fraction of sp³-hybridized carbons (Fsp3) is 0.636. The van der Waals surface area contributed by atoms with Crippen molar-refractivity contribution in [1.82, 2.24) is 15.2 Å². The topological polar surface area (TPSA) is 88.0 Å². The summed E-state index contributed by atoms with van der Waals surface area (Å²) in [5, 5.41) is 19.9. The molecule has 0 unspecified atom stereocenters. The van der Waals surface area contributed by atoms with E-state index in [0.717, 1.165) is 30.7 Å². The van der Waals surface area contributed by atoms with Crippen LogP contribution in [-0.4, -0.2) is 31.8 Å². The second-order valence-corrected chi connectivity index (χ2v) is 4.64. The van der Waals surface area contributed by atoms with E-state index in [1.807, 2.05) is 13.8 Å². The molecule has 1 aliphatic carbocycles. The van der Waals surface area contributed by atoms with E-state index < -0.39 is 5.97 Å². The third-order valence-electron chi connectivity index (χ3n) is 3.27. The summed E-state index contributed by atoms with van der Waals surface area (Å²) in [5.41, 5.74) is 1.22. The summed E-state index contributed by atoms with van der Waals surface area (Å²) in [6.07, 6.45) is 2.83. The molecular formula is C11H16N4O2. The molecule has 1 fully saturated rings. The number of carboxylic acid groups (broad SMARTS) is 1. The summed E-state index contributed by atoms with van der Waals surface area (Å²) in [5.74, 6) is -0.372. The van der Waals surface area contributed by atoms with Gasteiger partial charge in [0.1, 0.15) is 0 Å². The van der Waals surface area contributed by atoms with Gasteiger partial charge < -0.3 is 10.4 Å². The standard InChI is InChI=1S/C11H16N4O2/c1-7-8(2)14-15-10(12-7)13-11(4-3-5-11)6-9(16)17/h3-6H2,1-2H3,(H,16,17)(H,12,13,15). The lowest BCUT2D eigenvalue weighted by Gasteiger charge is -2.41. The van der Waals surface area contributed by atoms with Crippen molar-refractivity contribution in [3.05, 3.63) is 11.4 Å². The summed E-state index contributed by atoms with van der Waals surface area (Å²) in [6.45, 7) is 3.70. The van der Waals surface area contributed by atoms with E-state index >= 15 is 0 Å². The first-order chi connectivity index (χ1) is 8.01. The van der Waals surface area contributed by atoms with Gasteiger partial charge in [0.15, 0.2) is 0 Å². The van der Waals surface area contributed by atoms with Crippen molar-refractivity contribution >= 4 is 11.9 Å². The molecule has 0 spiro atoms. The van der Waals surface area contributed by atoms with E-state index in [1.54, 1.807) is 0 Å². The molecule has 6 nitrogen and oxygen atoms in total. The predicted molar refractivity (Wildman–Crippen MR) is 61.8 cm³/mol. The second-order valence-electron chi connectivity index (χ2n) is 4.64. The van der Waals surface area contributed by atoms with Gasteiger partial charge >= 0.3 is 5.97 Å². The highest BCUT2D eigenvalue weighted by atomic mass is 16.4. The number of nitrogens with zero attached hydrogens (tertiary/aromatic N) is 3. The van der Waals surface area contributed by atoms with E-state index in [1.165, 1.54) is 0 Å². The summed E-state index contributed by atoms with van der Waals surface area (Å²) in [6, 6.07) is 0. The molecule has 0 radical (unpaired) electrons.